The van der Waals surface area contributed by atoms with E-state index < -0.39 is 17.9 Å². The molecule has 154 valence electrons. The lowest BCUT2D eigenvalue weighted by molar-refractivity contribution is -0.121. The zero-order chi connectivity index (χ0) is 21.3. The summed E-state index contributed by atoms with van der Waals surface area (Å²) in [5.41, 5.74) is 9.99. The largest absolute Gasteiger partial charge is 0.392 e. The quantitative estimate of drug-likeness (QED) is 0.585. The van der Waals surface area contributed by atoms with Gasteiger partial charge in [-0.05, 0) is 31.2 Å². The number of nitrogens with zero attached hydrogens (tertiary/aromatic N) is 2. The van der Waals surface area contributed by atoms with Gasteiger partial charge in [0.15, 0.2) is 5.78 Å². The molecule has 7 nitrogen and oxygen atoms in total. The predicted octanol–water partition coefficient (Wildman–Crippen LogP) is 2.90. The topological polar surface area (TPSA) is 110 Å². The molecule has 4 rings (SSSR count). The standard InChI is InChI=1S/C23H24N4O3/c1-14(28)13-27-18-11-16(23(24)30)12-19(29)20(18)21(26-17-5-3-2-4-6-17)22(27)15-7-9-25-10-8-15/h2-10,14,16,26,28H,11-13H2,1H3,(H2,24,30)/t14-,16?/m1/s1. The lowest BCUT2D eigenvalue weighted by atomic mass is 9.85. The van der Waals surface area contributed by atoms with Crippen LogP contribution in [-0.2, 0) is 17.8 Å². The molecule has 1 amide bonds. The molecule has 1 aliphatic carbocycles. The highest BCUT2D eigenvalue weighted by atomic mass is 16.3. The Morgan fingerprint density at radius 3 is 2.57 bits per heavy atom. The summed E-state index contributed by atoms with van der Waals surface area (Å²) in [7, 11) is 0. The molecule has 0 bridgehead atoms. The minimum Gasteiger partial charge on any atom is -0.392 e. The molecule has 0 radical (unpaired) electrons. The minimum atomic E-state index is -0.643. The maximum atomic E-state index is 13.2. The Morgan fingerprint density at radius 2 is 1.93 bits per heavy atom. The van der Waals surface area contributed by atoms with Gasteiger partial charge in [0.05, 0.1) is 29.0 Å². The second-order valence-electron chi connectivity index (χ2n) is 7.66. The fourth-order valence-electron chi connectivity index (χ4n) is 4.08. The molecule has 1 aliphatic rings. The number of carbonyl (C=O) groups is 2. The first-order valence-electron chi connectivity index (χ1n) is 9.94. The normalized spacial score (nSPS) is 16.7. The van der Waals surface area contributed by atoms with Crippen LogP contribution in [0.3, 0.4) is 0 Å². The van der Waals surface area contributed by atoms with Crippen molar-refractivity contribution in [2.24, 2.45) is 11.7 Å². The molecule has 2 aromatic heterocycles. The molecule has 3 aromatic rings. The molecule has 2 atom stereocenters. The molecular weight excluding hydrogens is 380 g/mol. The van der Waals surface area contributed by atoms with Gasteiger partial charge in [-0.2, -0.15) is 0 Å². The van der Waals surface area contributed by atoms with Crippen LogP contribution in [0.25, 0.3) is 11.3 Å². The number of aromatic nitrogens is 2. The van der Waals surface area contributed by atoms with Crippen LogP contribution in [0, 0.1) is 5.92 Å². The van der Waals surface area contributed by atoms with Crippen LogP contribution >= 0.6 is 0 Å². The Hall–Kier alpha value is -3.45. The van der Waals surface area contributed by atoms with Gasteiger partial charge >= 0.3 is 0 Å². The molecular formula is C23H24N4O3. The number of aliphatic hydroxyl groups excluding tert-OH is 1. The summed E-state index contributed by atoms with van der Waals surface area (Å²) >= 11 is 0. The minimum absolute atomic E-state index is 0.0836. The van der Waals surface area contributed by atoms with Crippen molar-refractivity contribution in [3.05, 3.63) is 66.1 Å². The average molecular weight is 404 g/mol. The van der Waals surface area contributed by atoms with Crippen molar-refractivity contribution in [1.29, 1.82) is 0 Å². The lowest BCUT2D eigenvalue weighted by Crippen LogP contribution is -2.32. The monoisotopic (exact) mass is 404 g/mol. The SMILES string of the molecule is C[C@@H](O)Cn1c2c(c(Nc3ccccc3)c1-c1ccncc1)C(=O)CC(C(N)=O)C2. The fraction of sp³-hybridized carbons (Fsp3) is 0.261. The molecule has 1 unspecified atom stereocenters. The van der Waals surface area contributed by atoms with E-state index in [1.807, 2.05) is 47.0 Å². The van der Waals surface area contributed by atoms with E-state index >= 15 is 0 Å². The Kier molecular flexibility index (Phi) is 5.37. The van der Waals surface area contributed by atoms with Crippen molar-refractivity contribution < 1.29 is 14.7 Å². The number of anilines is 2. The van der Waals surface area contributed by atoms with Gasteiger partial charge in [-0.1, -0.05) is 18.2 Å². The highest BCUT2D eigenvalue weighted by Crippen LogP contribution is 2.42. The zero-order valence-electron chi connectivity index (χ0n) is 16.7. The summed E-state index contributed by atoms with van der Waals surface area (Å²) in [4.78, 5) is 29.1. The van der Waals surface area contributed by atoms with Gasteiger partial charge in [0.1, 0.15) is 0 Å². The van der Waals surface area contributed by atoms with Crippen molar-refractivity contribution in [3.8, 4) is 11.3 Å². The number of nitrogens with one attached hydrogen (secondary N) is 1. The Morgan fingerprint density at radius 1 is 1.23 bits per heavy atom. The number of fused-ring (bicyclic) bond motifs is 1. The van der Waals surface area contributed by atoms with E-state index in [1.54, 1.807) is 19.3 Å². The van der Waals surface area contributed by atoms with E-state index in [0.717, 1.165) is 22.6 Å². The first-order valence-corrected chi connectivity index (χ1v) is 9.94. The predicted molar refractivity (Wildman–Crippen MR) is 114 cm³/mol. The number of amides is 1. The third-order valence-corrected chi connectivity index (χ3v) is 5.37. The van der Waals surface area contributed by atoms with E-state index in [4.69, 9.17) is 5.73 Å². The van der Waals surface area contributed by atoms with Gasteiger partial charge in [0.25, 0.3) is 0 Å². The molecule has 7 heteroatoms. The van der Waals surface area contributed by atoms with Crippen LogP contribution in [0.15, 0.2) is 54.9 Å². The molecule has 0 spiro atoms. The van der Waals surface area contributed by atoms with Gasteiger partial charge in [-0.15, -0.1) is 0 Å². The molecule has 2 heterocycles. The summed E-state index contributed by atoms with van der Waals surface area (Å²) < 4.78 is 1.94. The van der Waals surface area contributed by atoms with Crippen LogP contribution in [0.4, 0.5) is 11.4 Å². The number of primary amides is 1. The van der Waals surface area contributed by atoms with E-state index in [-0.39, 0.29) is 18.7 Å². The summed E-state index contributed by atoms with van der Waals surface area (Å²) in [6.45, 7) is 1.98. The van der Waals surface area contributed by atoms with Gasteiger partial charge < -0.3 is 20.7 Å². The van der Waals surface area contributed by atoms with Crippen LogP contribution < -0.4 is 11.1 Å². The number of para-hydroxylation sites is 1. The van der Waals surface area contributed by atoms with Crippen LogP contribution in [0.1, 0.15) is 29.4 Å². The molecule has 30 heavy (non-hydrogen) atoms. The number of Topliss-reactive ketones (excluding diaryl/α,β-unsaturated/α-hetero) is 1. The third kappa shape index (κ3) is 3.71. The van der Waals surface area contributed by atoms with E-state index in [1.165, 1.54) is 0 Å². The number of pyridine rings is 1. The van der Waals surface area contributed by atoms with Crippen molar-refractivity contribution in [1.82, 2.24) is 9.55 Å². The summed E-state index contributed by atoms with van der Waals surface area (Å²) in [5.74, 6) is -1.16. The van der Waals surface area contributed by atoms with Crippen LogP contribution in [-0.4, -0.2) is 32.5 Å². The maximum Gasteiger partial charge on any atom is 0.221 e. The molecule has 0 saturated heterocycles. The van der Waals surface area contributed by atoms with Crippen molar-refractivity contribution in [2.75, 3.05) is 5.32 Å². The molecule has 0 aliphatic heterocycles. The summed E-state index contributed by atoms with van der Waals surface area (Å²) in [6.07, 6.45) is 3.18. The van der Waals surface area contributed by atoms with Gasteiger partial charge in [0.2, 0.25) is 5.91 Å². The zero-order valence-corrected chi connectivity index (χ0v) is 16.7. The Bertz CT molecular complexity index is 1070. The number of ketones is 1. The van der Waals surface area contributed by atoms with Crippen molar-refractivity contribution in [2.45, 2.75) is 32.4 Å². The first kappa shape index (κ1) is 19.8. The number of rotatable bonds is 6. The highest BCUT2D eigenvalue weighted by molar-refractivity contribution is 6.09. The van der Waals surface area contributed by atoms with Crippen molar-refractivity contribution in [3.63, 3.8) is 0 Å². The highest BCUT2D eigenvalue weighted by Gasteiger charge is 2.36. The van der Waals surface area contributed by atoms with E-state index in [9.17, 15) is 14.7 Å². The Balaban J connectivity index is 1.97. The second kappa shape index (κ2) is 8.12. The summed E-state index contributed by atoms with van der Waals surface area (Å²) in [6, 6.07) is 13.3. The number of hydrogen-bond donors (Lipinski definition) is 3. The molecule has 0 fully saturated rings. The van der Waals surface area contributed by atoms with Crippen LogP contribution in [0.5, 0.6) is 0 Å². The second-order valence-corrected chi connectivity index (χ2v) is 7.66. The number of aliphatic hydroxyl groups is 1. The van der Waals surface area contributed by atoms with Gasteiger partial charge in [-0.25, -0.2) is 0 Å². The molecule has 1 aromatic carbocycles. The lowest BCUT2D eigenvalue weighted by Gasteiger charge is -2.22. The number of carbonyl (C=O) groups excluding carboxylic acids is 2. The number of hydrogen-bond acceptors (Lipinski definition) is 5. The van der Waals surface area contributed by atoms with Gasteiger partial charge in [0, 0.05) is 48.7 Å². The Labute approximate surface area is 174 Å². The van der Waals surface area contributed by atoms with Crippen molar-refractivity contribution >= 4 is 23.1 Å². The van der Waals surface area contributed by atoms with E-state index in [0.29, 0.717) is 17.7 Å². The van der Waals surface area contributed by atoms with Gasteiger partial charge in [-0.3, -0.25) is 14.6 Å². The number of nitrogens with two attached hydrogens (primary N) is 1. The number of benzene rings is 1. The fourth-order valence-corrected chi connectivity index (χ4v) is 4.08. The average Bonchev–Trinajstić information content (AvgIpc) is 3.02. The smallest absolute Gasteiger partial charge is 0.221 e. The van der Waals surface area contributed by atoms with Crippen LogP contribution in [0.2, 0.25) is 0 Å². The third-order valence-electron chi connectivity index (χ3n) is 5.37. The van der Waals surface area contributed by atoms with E-state index in [2.05, 4.69) is 10.3 Å². The molecule has 0 saturated carbocycles. The first-order chi connectivity index (χ1) is 14.5. The maximum absolute atomic E-state index is 13.2. The summed E-state index contributed by atoms with van der Waals surface area (Å²) in [5, 5.41) is 13.6. The molecule has 4 N–H and O–H groups in total.